The summed E-state index contributed by atoms with van der Waals surface area (Å²) in [7, 11) is 0. The zero-order valence-corrected chi connectivity index (χ0v) is 17.0. The van der Waals surface area contributed by atoms with E-state index in [4.69, 9.17) is 11.6 Å². The number of hydrogen-bond acceptors (Lipinski definition) is 5. The van der Waals surface area contributed by atoms with E-state index >= 15 is 0 Å². The SMILES string of the molecule is C[C@H](NC(=O)CSc1nnc(-c2ccncc2)n1C1CC1)c1cccc(Cl)c1. The number of aromatic nitrogens is 4. The first-order chi connectivity index (χ1) is 13.6. The van der Waals surface area contributed by atoms with Gasteiger partial charge in [0.05, 0.1) is 11.8 Å². The summed E-state index contributed by atoms with van der Waals surface area (Å²) < 4.78 is 2.15. The highest BCUT2D eigenvalue weighted by Crippen LogP contribution is 2.40. The van der Waals surface area contributed by atoms with E-state index in [0.717, 1.165) is 34.9 Å². The highest BCUT2D eigenvalue weighted by Gasteiger charge is 2.30. The van der Waals surface area contributed by atoms with E-state index in [2.05, 4.69) is 25.1 Å². The third-order valence-electron chi connectivity index (χ3n) is 4.57. The minimum absolute atomic E-state index is 0.0479. The summed E-state index contributed by atoms with van der Waals surface area (Å²) in [5.74, 6) is 1.07. The van der Waals surface area contributed by atoms with Gasteiger partial charge in [0.2, 0.25) is 5.91 Å². The number of carbonyl (C=O) groups excluding carboxylic acids is 1. The van der Waals surface area contributed by atoms with Gasteiger partial charge in [0.1, 0.15) is 0 Å². The molecule has 8 heteroatoms. The lowest BCUT2D eigenvalue weighted by Crippen LogP contribution is -2.28. The number of thioether (sulfide) groups is 1. The number of nitrogens with zero attached hydrogens (tertiary/aromatic N) is 4. The van der Waals surface area contributed by atoms with Gasteiger partial charge in [0.25, 0.3) is 0 Å². The summed E-state index contributed by atoms with van der Waals surface area (Å²) >= 11 is 7.45. The summed E-state index contributed by atoms with van der Waals surface area (Å²) in [6, 6.07) is 11.7. The number of benzene rings is 1. The van der Waals surface area contributed by atoms with Crippen LogP contribution in [0.1, 0.15) is 37.4 Å². The lowest BCUT2D eigenvalue weighted by atomic mass is 10.1. The zero-order valence-electron chi connectivity index (χ0n) is 15.4. The minimum atomic E-state index is -0.111. The van der Waals surface area contributed by atoms with Gasteiger partial charge < -0.3 is 5.32 Å². The zero-order chi connectivity index (χ0) is 19.5. The number of nitrogens with one attached hydrogen (secondary N) is 1. The van der Waals surface area contributed by atoms with Gasteiger partial charge in [-0.15, -0.1) is 10.2 Å². The molecule has 6 nitrogen and oxygen atoms in total. The van der Waals surface area contributed by atoms with Crippen LogP contribution in [0.5, 0.6) is 0 Å². The Labute approximate surface area is 172 Å². The van der Waals surface area contributed by atoms with Crippen molar-refractivity contribution < 1.29 is 4.79 Å². The number of rotatable bonds is 7. The van der Waals surface area contributed by atoms with Gasteiger partial charge in [-0.05, 0) is 49.6 Å². The number of halogens is 1. The maximum atomic E-state index is 12.4. The monoisotopic (exact) mass is 413 g/mol. The molecule has 0 radical (unpaired) electrons. The van der Waals surface area contributed by atoms with E-state index in [1.54, 1.807) is 12.4 Å². The fourth-order valence-electron chi connectivity index (χ4n) is 3.01. The van der Waals surface area contributed by atoms with Crippen LogP contribution in [0.2, 0.25) is 5.02 Å². The molecule has 1 aliphatic carbocycles. The lowest BCUT2D eigenvalue weighted by molar-refractivity contribution is -0.119. The first-order valence-electron chi connectivity index (χ1n) is 9.15. The molecule has 1 N–H and O–H groups in total. The first-order valence-corrected chi connectivity index (χ1v) is 10.5. The molecule has 0 unspecified atom stereocenters. The third kappa shape index (κ3) is 4.36. The van der Waals surface area contributed by atoms with Crippen molar-refractivity contribution in [2.75, 3.05) is 5.75 Å². The number of carbonyl (C=O) groups is 1. The van der Waals surface area contributed by atoms with Crippen molar-refractivity contribution in [1.82, 2.24) is 25.1 Å². The number of pyridine rings is 1. The standard InChI is InChI=1S/C20H20ClN5OS/c1-13(15-3-2-4-16(21)11-15)23-18(27)12-28-20-25-24-19(26(20)17-5-6-17)14-7-9-22-10-8-14/h2-4,7-11,13,17H,5-6,12H2,1H3,(H,23,27)/t13-/m0/s1. The van der Waals surface area contributed by atoms with E-state index in [9.17, 15) is 4.79 Å². The second kappa shape index (κ2) is 8.32. The van der Waals surface area contributed by atoms with Crippen molar-refractivity contribution in [3.05, 3.63) is 59.4 Å². The maximum absolute atomic E-state index is 12.4. The molecule has 0 aliphatic heterocycles. The predicted molar refractivity (Wildman–Crippen MR) is 110 cm³/mol. The van der Waals surface area contributed by atoms with Crippen LogP contribution in [-0.4, -0.2) is 31.4 Å². The van der Waals surface area contributed by atoms with Gasteiger partial charge in [-0.25, -0.2) is 0 Å². The maximum Gasteiger partial charge on any atom is 0.230 e. The number of amides is 1. The van der Waals surface area contributed by atoms with E-state index < -0.39 is 0 Å². The average Bonchev–Trinajstić information content (AvgIpc) is 3.46. The molecular weight excluding hydrogens is 394 g/mol. The first kappa shape index (κ1) is 19.0. The van der Waals surface area contributed by atoms with Gasteiger partial charge in [-0.2, -0.15) is 0 Å². The summed E-state index contributed by atoms with van der Waals surface area (Å²) in [5, 5.41) is 13.1. The molecule has 0 spiro atoms. The van der Waals surface area contributed by atoms with Crippen LogP contribution in [0.3, 0.4) is 0 Å². The van der Waals surface area contributed by atoms with Crippen molar-refractivity contribution in [3.8, 4) is 11.4 Å². The molecule has 28 heavy (non-hydrogen) atoms. The Morgan fingerprint density at radius 2 is 2.07 bits per heavy atom. The summed E-state index contributed by atoms with van der Waals surface area (Å²) in [6.45, 7) is 1.95. The quantitative estimate of drug-likeness (QED) is 0.584. The molecule has 1 aliphatic rings. The van der Waals surface area contributed by atoms with Crippen molar-refractivity contribution in [2.45, 2.75) is 37.0 Å². The molecule has 0 saturated heterocycles. The van der Waals surface area contributed by atoms with Crippen molar-refractivity contribution in [1.29, 1.82) is 0 Å². The molecular formula is C20H20ClN5OS. The van der Waals surface area contributed by atoms with Crippen LogP contribution < -0.4 is 5.32 Å². The van der Waals surface area contributed by atoms with Crippen LogP contribution in [0.25, 0.3) is 11.4 Å². The van der Waals surface area contributed by atoms with Crippen molar-refractivity contribution >= 4 is 29.3 Å². The number of hydrogen-bond donors (Lipinski definition) is 1. The molecule has 1 amide bonds. The fourth-order valence-corrected chi connectivity index (χ4v) is 4.02. The molecule has 1 aromatic carbocycles. The molecule has 2 heterocycles. The van der Waals surface area contributed by atoms with Crippen LogP contribution in [0, 0.1) is 0 Å². The molecule has 1 saturated carbocycles. The Balaban J connectivity index is 1.42. The van der Waals surface area contributed by atoms with Crippen LogP contribution in [-0.2, 0) is 4.79 Å². The molecule has 1 atom stereocenters. The molecule has 1 fully saturated rings. The van der Waals surface area contributed by atoms with E-state index in [0.29, 0.717) is 11.1 Å². The lowest BCUT2D eigenvalue weighted by Gasteiger charge is -2.14. The normalized spacial score (nSPS) is 14.6. The smallest absolute Gasteiger partial charge is 0.230 e. The summed E-state index contributed by atoms with van der Waals surface area (Å²) in [5.41, 5.74) is 1.97. The second-order valence-electron chi connectivity index (χ2n) is 6.78. The molecule has 4 rings (SSSR count). The van der Waals surface area contributed by atoms with E-state index in [1.807, 2.05) is 43.3 Å². The highest BCUT2D eigenvalue weighted by atomic mass is 35.5. The highest BCUT2D eigenvalue weighted by molar-refractivity contribution is 7.99. The Morgan fingerprint density at radius 3 is 2.79 bits per heavy atom. The average molecular weight is 414 g/mol. The Morgan fingerprint density at radius 1 is 1.29 bits per heavy atom. The predicted octanol–water partition coefficient (Wildman–Crippen LogP) is 4.30. The van der Waals surface area contributed by atoms with Gasteiger partial charge >= 0.3 is 0 Å². The molecule has 144 valence electrons. The van der Waals surface area contributed by atoms with Crippen LogP contribution in [0.15, 0.2) is 53.9 Å². The van der Waals surface area contributed by atoms with Gasteiger partial charge in [-0.1, -0.05) is 35.5 Å². The fraction of sp³-hybridized carbons (Fsp3) is 0.300. The molecule has 2 aromatic heterocycles. The second-order valence-corrected chi connectivity index (χ2v) is 8.16. The van der Waals surface area contributed by atoms with Gasteiger partial charge in [-0.3, -0.25) is 14.3 Å². The molecule has 0 bridgehead atoms. The molecule has 3 aromatic rings. The van der Waals surface area contributed by atoms with Gasteiger partial charge in [0.15, 0.2) is 11.0 Å². The van der Waals surface area contributed by atoms with Crippen LogP contribution >= 0.6 is 23.4 Å². The topological polar surface area (TPSA) is 72.7 Å². The van der Waals surface area contributed by atoms with E-state index in [1.165, 1.54) is 11.8 Å². The van der Waals surface area contributed by atoms with E-state index in [-0.39, 0.29) is 17.7 Å². The Kier molecular flexibility index (Phi) is 5.64. The third-order valence-corrected chi connectivity index (χ3v) is 5.75. The van der Waals surface area contributed by atoms with Crippen LogP contribution in [0.4, 0.5) is 0 Å². The van der Waals surface area contributed by atoms with Crippen molar-refractivity contribution in [2.24, 2.45) is 0 Å². The van der Waals surface area contributed by atoms with Gasteiger partial charge in [0, 0.05) is 29.0 Å². The Bertz CT molecular complexity index is 974. The largest absolute Gasteiger partial charge is 0.349 e. The Hall–Kier alpha value is -2.38. The van der Waals surface area contributed by atoms with Crippen molar-refractivity contribution in [3.63, 3.8) is 0 Å². The minimum Gasteiger partial charge on any atom is -0.349 e. The summed E-state index contributed by atoms with van der Waals surface area (Å²) in [4.78, 5) is 16.5. The summed E-state index contributed by atoms with van der Waals surface area (Å²) in [6.07, 6.45) is 5.72.